The smallest absolute Gasteiger partial charge is 0.326 e. The molecule has 0 atom stereocenters. The molecule has 2 aromatic rings. The summed E-state index contributed by atoms with van der Waals surface area (Å²) in [6, 6.07) is 6.74. The Balaban J connectivity index is 2.65. The van der Waals surface area contributed by atoms with Crippen LogP contribution in [0.3, 0.4) is 0 Å². The van der Waals surface area contributed by atoms with Gasteiger partial charge in [-0.15, -0.1) is 0 Å². The molecule has 0 bridgehead atoms. The number of aromatic nitrogens is 2. The van der Waals surface area contributed by atoms with Crippen molar-refractivity contribution in [2.45, 2.75) is 6.42 Å². The van der Waals surface area contributed by atoms with E-state index in [0.29, 0.717) is 21.8 Å². The topological polar surface area (TPSA) is 85.9 Å². The lowest BCUT2D eigenvalue weighted by atomic mass is 10.1. The Morgan fingerprint density at radius 2 is 1.78 bits per heavy atom. The third-order valence-corrected chi connectivity index (χ3v) is 2.79. The first-order chi connectivity index (χ1) is 8.61. The maximum Gasteiger partial charge on any atom is 0.326 e. The lowest BCUT2D eigenvalue weighted by molar-refractivity contribution is 0.299. The molecule has 0 saturated carbocycles. The van der Waals surface area contributed by atoms with E-state index in [0.717, 1.165) is 0 Å². The van der Waals surface area contributed by atoms with Gasteiger partial charge in [-0.1, -0.05) is 23.7 Å². The number of benzene rings is 1. The summed E-state index contributed by atoms with van der Waals surface area (Å²) in [5.74, 6) is 0. The number of hydrogen-bond acceptors (Lipinski definition) is 3. The van der Waals surface area contributed by atoms with Crippen LogP contribution in [0.15, 0.2) is 33.9 Å². The number of aliphatic hydroxyl groups is 1. The summed E-state index contributed by atoms with van der Waals surface area (Å²) < 4.78 is 0. The van der Waals surface area contributed by atoms with Crippen LogP contribution in [0.4, 0.5) is 0 Å². The van der Waals surface area contributed by atoms with E-state index in [9.17, 15) is 9.59 Å². The second-order valence-corrected chi connectivity index (χ2v) is 4.18. The first kappa shape index (κ1) is 12.6. The molecule has 5 nitrogen and oxygen atoms in total. The monoisotopic (exact) mass is 266 g/mol. The van der Waals surface area contributed by atoms with Crippen LogP contribution in [-0.4, -0.2) is 21.7 Å². The minimum Gasteiger partial charge on any atom is -0.396 e. The van der Waals surface area contributed by atoms with Crippen LogP contribution in [0.25, 0.3) is 11.3 Å². The molecule has 3 N–H and O–H groups in total. The van der Waals surface area contributed by atoms with E-state index in [1.807, 2.05) is 0 Å². The molecule has 0 saturated heterocycles. The van der Waals surface area contributed by atoms with Crippen molar-refractivity contribution in [2.75, 3.05) is 6.61 Å². The molecule has 18 heavy (non-hydrogen) atoms. The molecule has 2 rings (SSSR count). The van der Waals surface area contributed by atoms with E-state index < -0.39 is 11.2 Å². The average molecular weight is 267 g/mol. The van der Waals surface area contributed by atoms with Gasteiger partial charge in [0.2, 0.25) is 0 Å². The molecular weight excluding hydrogens is 256 g/mol. The van der Waals surface area contributed by atoms with Gasteiger partial charge >= 0.3 is 5.69 Å². The van der Waals surface area contributed by atoms with E-state index >= 15 is 0 Å². The predicted molar refractivity (Wildman–Crippen MR) is 68.9 cm³/mol. The fourth-order valence-electron chi connectivity index (χ4n) is 1.73. The summed E-state index contributed by atoms with van der Waals surface area (Å²) in [5.41, 5.74) is 0.365. The van der Waals surface area contributed by atoms with Gasteiger partial charge in [0.15, 0.2) is 0 Å². The average Bonchev–Trinajstić information content (AvgIpc) is 2.33. The van der Waals surface area contributed by atoms with Gasteiger partial charge in [0.25, 0.3) is 5.56 Å². The van der Waals surface area contributed by atoms with Crippen molar-refractivity contribution in [1.29, 1.82) is 0 Å². The third kappa shape index (κ3) is 2.52. The minimum absolute atomic E-state index is 0.171. The predicted octanol–water partition coefficient (Wildman–Crippen LogP) is 0.918. The van der Waals surface area contributed by atoms with E-state index in [1.165, 1.54) is 0 Å². The van der Waals surface area contributed by atoms with Crippen LogP contribution < -0.4 is 11.2 Å². The van der Waals surface area contributed by atoms with Crippen molar-refractivity contribution >= 4 is 11.6 Å². The zero-order chi connectivity index (χ0) is 13.1. The molecule has 0 aliphatic heterocycles. The summed E-state index contributed by atoms with van der Waals surface area (Å²) in [6.45, 7) is -0.171. The van der Waals surface area contributed by atoms with Crippen LogP contribution in [0.2, 0.25) is 5.02 Å². The van der Waals surface area contributed by atoms with Crippen molar-refractivity contribution in [3.8, 4) is 11.3 Å². The summed E-state index contributed by atoms with van der Waals surface area (Å²) in [4.78, 5) is 27.7. The quantitative estimate of drug-likeness (QED) is 0.772. The molecule has 0 aliphatic carbocycles. The second kappa shape index (κ2) is 5.20. The Morgan fingerprint density at radius 1 is 1.11 bits per heavy atom. The van der Waals surface area contributed by atoms with Gasteiger partial charge in [-0.3, -0.25) is 9.78 Å². The van der Waals surface area contributed by atoms with Crippen LogP contribution in [0.5, 0.6) is 0 Å². The van der Waals surface area contributed by atoms with Crippen LogP contribution in [0.1, 0.15) is 5.56 Å². The molecule has 1 aromatic heterocycles. The van der Waals surface area contributed by atoms with Crippen LogP contribution >= 0.6 is 11.6 Å². The highest BCUT2D eigenvalue weighted by molar-refractivity contribution is 6.30. The standard InChI is InChI=1S/C12H11ClN2O3/c13-8-3-1-7(2-4-8)10-9(5-6-16)11(17)15-12(18)14-10/h1-4,16H,5-6H2,(H2,14,15,17,18). The van der Waals surface area contributed by atoms with Gasteiger partial charge in [0.05, 0.1) is 5.69 Å². The minimum atomic E-state index is -0.577. The molecule has 0 radical (unpaired) electrons. The van der Waals surface area contributed by atoms with Crippen molar-refractivity contribution in [3.63, 3.8) is 0 Å². The Morgan fingerprint density at radius 3 is 2.39 bits per heavy atom. The molecule has 0 fully saturated rings. The van der Waals surface area contributed by atoms with Crippen LogP contribution in [0, 0.1) is 0 Å². The summed E-state index contributed by atoms with van der Waals surface area (Å²) in [5, 5.41) is 9.53. The molecule has 0 spiro atoms. The molecule has 1 heterocycles. The van der Waals surface area contributed by atoms with Gasteiger partial charge < -0.3 is 10.1 Å². The molecule has 0 aliphatic rings. The third-order valence-electron chi connectivity index (χ3n) is 2.54. The number of aromatic amines is 2. The van der Waals surface area contributed by atoms with Crippen molar-refractivity contribution in [1.82, 2.24) is 9.97 Å². The normalized spacial score (nSPS) is 10.6. The van der Waals surface area contributed by atoms with Gasteiger partial charge in [0, 0.05) is 23.6 Å². The summed E-state index contributed by atoms with van der Waals surface area (Å²) in [7, 11) is 0. The Bertz CT molecular complexity index is 658. The molecule has 6 heteroatoms. The Kier molecular flexibility index (Phi) is 3.64. The zero-order valence-electron chi connectivity index (χ0n) is 9.37. The first-order valence-corrected chi connectivity index (χ1v) is 5.72. The van der Waals surface area contributed by atoms with Gasteiger partial charge in [-0.25, -0.2) is 4.79 Å². The lowest BCUT2D eigenvalue weighted by Gasteiger charge is -2.07. The number of nitrogens with one attached hydrogen (secondary N) is 2. The van der Waals surface area contributed by atoms with Crippen molar-refractivity contribution in [2.24, 2.45) is 0 Å². The zero-order valence-corrected chi connectivity index (χ0v) is 10.1. The number of aliphatic hydroxyl groups excluding tert-OH is 1. The largest absolute Gasteiger partial charge is 0.396 e. The highest BCUT2D eigenvalue weighted by Crippen LogP contribution is 2.20. The SMILES string of the molecule is O=c1[nH]c(-c2ccc(Cl)cc2)c(CCO)c(=O)[nH]1. The van der Waals surface area contributed by atoms with E-state index in [1.54, 1.807) is 24.3 Å². The number of rotatable bonds is 3. The van der Waals surface area contributed by atoms with Crippen molar-refractivity contribution < 1.29 is 5.11 Å². The second-order valence-electron chi connectivity index (χ2n) is 3.74. The number of hydrogen-bond donors (Lipinski definition) is 3. The molecule has 0 amide bonds. The summed E-state index contributed by atoms with van der Waals surface area (Å²) in [6.07, 6.45) is 0.171. The summed E-state index contributed by atoms with van der Waals surface area (Å²) >= 11 is 5.78. The lowest BCUT2D eigenvalue weighted by Crippen LogP contribution is -2.27. The number of H-pyrrole nitrogens is 2. The fraction of sp³-hybridized carbons (Fsp3) is 0.167. The van der Waals surface area contributed by atoms with Crippen LogP contribution in [-0.2, 0) is 6.42 Å². The first-order valence-electron chi connectivity index (χ1n) is 5.34. The van der Waals surface area contributed by atoms with Gasteiger partial charge in [-0.2, -0.15) is 0 Å². The molecule has 1 aromatic carbocycles. The van der Waals surface area contributed by atoms with Crippen molar-refractivity contribution in [3.05, 3.63) is 55.7 Å². The highest BCUT2D eigenvalue weighted by Gasteiger charge is 2.10. The molecular formula is C12H11ClN2O3. The van der Waals surface area contributed by atoms with E-state index in [2.05, 4.69) is 9.97 Å². The molecule has 94 valence electrons. The van der Waals surface area contributed by atoms with Gasteiger partial charge in [0.1, 0.15) is 0 Å². The number of halogens is 1. The Hall–Kier alpha value is -1.85. The van der Waals surface area contributed by atoms with E-state index in [4.69, 9.17) is 16.7 Å². The maximum atomic E-state index is 11.7. The van der Waals surface area contributed by atoms with E-state index in [-0.39, 0.29) is 13.0 Å². The highest BCUT2D eigenvalue weighted by atomic mass is 35.5. The maximum absolute atomic E-state index is 11.7. The van der Waals surface area contributed by atoms with Gasteiger partial charge in [-0.05, 0) is 17.7 Å². The molecule has 0 unspecified atom stereocenters. The Labute approximate surface area is 107 Å². The fourth-order valence-corrected chi connectivity index (χ4v) is 1.85.